The fourth-order valence-electron chi connectivity index (χ4n) is 7.08. The van der Waals surface area contributed by atoms with E-state index in [9.17, 15) is 28.8 Å². The molecule has 2 saturated heterocycles. The zero-order chi connectivity index (χ0) is 39.6. The van der Waals surface area contributed by atoms with Gasteiger partial charge >= 0.3 is 11.9 Å². The lowest BCUT2D eigenvalue weighted by Crippen LogP contribution is -2.57. The van der Waals surface area contributed by atoms with Gasteiger partial charge in [-0.15, -0.1) is 12.3 Å². The first-order chi connectivity index (χ1) is 25.0. The quantitative estimate of drug-likeness (QED) is 0.228. The number of rotatable bonds is 9. The van der Waals surface area contributed by atoms with E-state index in [-0.39, 0.29) is 25.3 Å². The molecule has 8 atom stereocenters. The van der Waals surface area contributed by atoms with Crippen molar-refractivity contribution in [2.24, 2.45) is 23.7 Å². The SMILES string of the molecule is C#CCCC[C@@H]1OC(=O)[C@H]([C@@H](C)CC)N(C)C(=O)[C@@H]2CCCN2C(=O)[C@H](C(C)C)OC(=O)[C@H](Cc2ccccc2)N(C)C(=O)[C@H](C(C)C)NC(=O)[C@H]1C. The molecule has 1 aromatic rings. The molecule has 12 heteroatoms. The van der Waals surface area contributed by atoms with E-state index in [0.717, 1.165) is 5.56 Å². The Morgan fingerprint density at radius 3 is 2.13 bits per heavy atom. The number of fused-ring (bicyclic) bond motifs is 1. The number of esters is 2. The molecule has 292 valence electrons. The van der Waals surface area contributed by atoms with Gasteiger partial charge in [-0.3, -0.25) is 19.2 Å². The fraction of sp³-hybridized carbons (Fsp3) is 0.659. The van der Waals surface area contributed by atoms with Crippen LogP contribution in [-0.4, -0.2) is 107 Å². The predicted molar refractivity (Wildman–Crippen MR) is 201 cm³/mol. The van der Waals surface area contributed by atoms with Crippen LogP contribution in [0, 0.1) is 36.0 Å². The highest BCUT2D eigenvalue weighted by Crippen LogP contribution is 2.28. The molecule has 0 saturated carbocycles. The van der Waals surface area contributed by atoms with E-state index in [1.165, 1.54) is 28.8 Å². The Bertz CT molecular complexity index is 1490. The topological polar surface area (TPSA) is 143 Å². The maximum absolute atomic E-state index is 14.3. The second kappa shape index (κ2) is 19.6. The Morgan fingerprint density at radius 2 is 1.55 bits per heavy atom. The van der Waals surface area contributed by atoms with Crippen LogP contribution in [0.1, 0.15) is 92.6 Å². The predicted octanol–water partition coefficient (Wildman–Crippen LogP) is 3.99. The van der Waals surface area contributed by atoms with Crippen LogP contribution >= 0.6 is 0 Å². The average molecular weight is 737 g/mol. The number of hydrogen-bond acceptors (Lipinski definition) is 8. The van der Waals surface area contributed by atoms with Crippen LogP contribution in [0.2, 0.25) is 0 Å². The van der Waals surface area contributed by atoms with E-state index in [1.807, 2.05) is 44.2 Å². The summed E-state index contributed by atoms with van der Waals surface area (Å²) in [5.74, 6) is -2.90. The number of hydrogen-bond donors (Lipinski definition) is 1. The first kappa shape index (κ1) is 43.0. The number of unbranched alkanes of at least 4 members (excludes halogenated alkanes) is 1. The summed E-state index contributed by atoms with van der Waals surface area (Å²) in [5, 5.41) is 2.88. The standard InChI is InChI=1S/C41H60N4O8/c1-11-13-15-22-32-28(8)36(46)42-33(25(3)4)38(48)43(9)31(24-29-19-16-14-17-20-29)40(50)53-35(26(5)6)39(49)45-23-18-21-30(45)37(47)44(10)34(27(7)12-2)41(51)52-32/h1,14,16-17,19-20,25-28,30-35H,12-13,15,18,21-24H2,2-10H3,(H,42,46)/t27-,28-,30-,31-,32-,33-,34-,35-/m0/s1. The van der Waals surface area contributed by atoms with Crippen LogP contribution in [0.3, 0.4) is 0 Å². The maximum atomic E-state index is 14.3. The molecule has 0 aliphatic carbocycles. The van der Waals surface area contributed by atoms with E-state index in [2.05, 4.69) is 11.2 Å². The van der Waals surface area contributed by atoms with Crippen molar-refractivity contribution < 1.29 is 38.2 Å². The molecule has 3 rings (SSSR count). The summed E-state index contributed by atoms with van der Waals surface area (Å²) in [5.41, 5.74) is 0.763. The average Bonchev–Trinajstić information content (AvgIpc) is 3.63. The van der Waals surface area contributed by atoms with Crippen molar-refractivity contribution in [2.75, 3.05) is 20.6 Å². The number of terminal acetylenes is 1. The normalized spacial score (nSPS) is 27.7. The van der Waals surface area contributed by atoms with Crippen molar-refractivity contribution in [3.63, 3.8) is 0 Å². The molecule has 2 heterocycles. The van der Waals surface area contributed by atoms with Crippen LogP contribution in [-0.2, 0) is 44.7 Å². The summed E-state index contributed by atoms with van der Waals surface area (Å²) in [6.07, 6.45) is 6.07. The minimum absolute atomic E-state index is 0.0932. The second-order valence-corrected chi connectivity index (χ2v) is 15.3. The van der Waals surface area contributed by atoms with Crippen molar-refractivity contribution in [3.8, 4) is 12.3 Å². The van der Waals surface area contributed by atoms with Crippen molar-refractivity contribution in [1.82, 2.24) is 20.0 Å². The zero-order valence-corrected chi connectivity index (χ0v) is 33.0. The van der Waals surface area contributed by atoms with Gasteiger partial charge in [-0.1, -0.05) is 85.2 Å². The molecule has 2 aliphatic rings. The molecule has 1 N–H and O–H groups in total. The molecule has 2 aliphatic heterocycles. The van der Waals surface area contributed by atoms with Gasteiger partial charge < -0.3 is 29.5 Å². The summed E-state index contributed by atoms with van der Waals surface area (Å²) in [6, 6.07) is 5.07. The van der Waals surface area contributed by atoms with E-state index in [0.29, 0.717) is 32.1 Å². The van der Waals surface area contributed by atoms with Crippen molar-refractivity contribution in [3.05, 3.63) is 35.9 Å². The minimum atomic E-state index is -1.24. The van der Waals surface area contributed by atoms with Crippen LogP contribution in [0.25, 0.3) is 0 Å². The molecule has 0 radical (unpaired) electrons. The van der Waals surface area contributed by atoms with Gasteiger partial charge in [0.15, 0.2) is 6.10 Å². The van der Waals surface area contributed by atoms with E-state index in [1.54, 1.807) is 34.6 Å². The smallest absolute Gasteiger partial charge is 0.329 e. The van der Waals surface area contributed by atoms with Gasteiger partial charge in [0.05, 0.1) is 5.92 Å². The number of amides is 4. The Hall–Kier alpha value is -4.40. The Labute approximate surface area is 315 Å². The Morgan fingerprint density at radius 1 is 0.887 bits per heavy atom. The van der Waals surface area contributed by atoms with Gasteiger partial charge in [0, 0.05) is 33.5 Å². The summed E-state index contributed by atoms with van der Waals surface area (Å²) in [6.45, 7) is 12.7. The summed E-state index contributed by atoms with van der Waals surface area (Å²) in [7, 11) is 3.03. The molecule has 4 amide bonds. The highest BCUT2D eigenvalue weighted by molar-refractivity contribution is 5.95. The lowest BCUT2D eigenvalue weighted by atomic mass is 9.94. The van der Waals surface area contributed by atoms with Gasteiger partial charge in [-0.2, -0.15) is 0 Å². The first-order valence-corrected chi connectivity index (χ1v) is 19.1. The number of nitrogens with zero attached hydrogens (tertiary/aromatic N) is 3. The van der Waals surface area contributed by atoms with E-state index < -0.39 is 89.7 Å². The second-order valence-electron chi connectivity index (χ2n) is 15.3. The first-order valence-electron chi connectivity index (χ1n) is 19.1. The van der Waals surface area contributed by atoms with Gasteiger partial charge in [-0.05, 0) is 49.0 Å². The van der Waals surface area contributed by atoms with Gasteiger partial charge in [0.1, 0.15) is 30.3 Å². The molecular formula is C41H60N4O8. The maximum Gasteiger partial charge on any atom is 0.329 e. The molecule has 0 unspecified atom stereocenters. The molecule has 1 aromatic carbocycles. The van der Waals surface area contributed by atoms with Gasteiger partial charge in [-0.25, -0.2) is 9.59 Å². The van der Waals surface area contributed by atoms with E-state index >= 15 is 0 Å². The van der Waals surface area contributed by atoms with E-state index in [4.69, 9.17) is 15.9 Å². The molecule has 2 fully saturated rings. The Kier molecular flexibility index (Phi) is 15.9. The number of nitrogens with one attached hydrogen (secondary N) is 1. The molecule has 0 spiro atoms. The number of likely N-dealkylation sites (N-methyl/N-ethyl adjacent to an activating group) is 2. The number of ether oxygens (including phenoxy) is 2. The van der Waals surface area contributed by atoms with Crippen molar-refractivity contribution in [1.29, 1.82) is 0 Å². The summed E-state index contributed by atoms with van der Waals surface area (Å²) in [4.78, 5) is 89.2. The Balaban J connectivity index is 2.18. The largest absolute Gasteiger partial charge is 0.460 e. The zero-order valence-electron chi connectivity index (χ0n) is 33.0. The number of carbonyl (C=O) groups excluding carboxylic acids is 6. The lowest BCUT2D eigenvalue weighted by molar-refractivity contribution is -0.171. The monoisotopic (exact) mass is 736 g/mol. The van der Waals surface area contributed by atoms with Crippen molar-refractivity contribution >= 4 is 35.6 Å². The number of carbonyl (C=O) groups is 6. The van der Waals surface area contributed by atoms with Gasteiger partial charge in [0.25, 0.3) is 5.91 Å². The molecule has 0 bridgehead atoms. The number of benzene rings is 1. The third-order valence-electron chi connectivity index (χ3n) is 10.7. The summed E-state index contributed by atoms with van der Waals surface area (Å²) >= 11 is 0. The fourth-order valence-corrected chi connectivity index (χ4v) is 7.08. The summed E-state index contributed by atoms with van der Waals surface area (Å²) < 4.78 is 12.1. The molecule has 12 nitrogen and oxygen atoms in total. The number of cyclic esters (lactones) is 2. The van der Waals surface area contributed by atoms with Crippen LogP contribution in [0.4, 0.5) is 0 Å². The van der Waals surface area contributed by atoms with Gasteiger partial charge in [0.2, 0.25) is 17.7 Å². The molecule has 0 aromatic heterocycles. The van der Waals surface area contributed by atoms with Crippen LogP contribution < -0.4 is 5.32 Å². The van der Waals surface area contributed by atoms with Crippen LogP contribution in [0.15, 0.2) is 30.3 Å². The minimum Gasteiger partial charge on any atom is -0.460 e. The molecular weight excluding hydrogens is 676 g/mol. The molecule has 53 heavy (non-hydrogen) atoms. The lowest BCUT2D eigenvalue weighted by Gasteiger charge is -2.37. The highest BCUT2D eigenvalue weighted by Gasteiger charge is 2.45. The third kappa shape index (κ3) is 10.6. The highest BCUT2D eigenvalue weighted by atomic mass is 16.6. The van der Waals surface area contributed by atoms with Crippen molar-refractivity contribution in [2.45, 2.75) is 130 Å². The third-order valence-corrected chi connectivity index (χ3v) is 10.7. The van der Waals surface area contributed by atoms with Crippen LogP contribution in [0.5, 0.6) is 0 Å².